The average Bonchev–Trinajstić information content (AvgIpc) is 2.57. The Morgan fingerprint density at radius 1 is 1.47 bits per heavy atom. The molecule has 1 heterocycles. The van der Waals surface area contributed by atoms with Crippen LogP contribution in [0.25, 0.3) is 0 Å². The number of hydrogen-bond acceptors (Lipinski definition) is 2. The maximum absolute atomic E-state index is 5.35. The van der Waals surface area contributed by atoms with E-state index in [0.717, 1.165) is 10.0 Å². The molecule has 2 atom stereocenters. The van der Waals surface area contributed by atoms with Gasteiger partial charge >= 0.3 is 0 Å². The topological polar surface area (TPSA) is 20.7 Å². The van der Waals surface area contributed by atoms with Crippen molar-refractivity contribution in [3.05, 3.63) is 16.7 Å². The highest BCUT2D eigenvalue weighted by Crippen LogP contribution is 2.35. The molecule has 4 heteroatoms. The molecule has 1 saturated carbocycles. The van der Waals surface area contributed by atoms with Crippen LogP contribution in [0.5, 0.6) is 0 Å². The maximum Gasteiger partial charge on any atom is 0.177 e. The van der Waals surface area contributed by atoms with Crippen molar-refractivity contribution in [1.29, 1.82) is 0 Å². The van der Waals surface area contributed by atoms with Crippen LogP contribution >= 0.6 is 24.0 Å². The van der Waals surface area contributed by atoms with Gasteiger partial charge in [-0.2, -0.15) is 11.8 Å². The van der Waals surface area contributed by atoms with E-state index in [9.17, 15) is 0 Å². The second kappa shape index (κ2) is 4.74. The molecule has 1 N–H and O–H groups in total. The zero-order valence-corrected chi connectivity index (χ0v) is 11.0. The molecule has 0 amide bonds. The van der Waals surface area contributed by atoms with Crippen molar-refractivity contribution in [2.75, 3.05) is 6.26 Å². The summed E-state index contributed by atoms with van der Waals surface area (Å²) in [6.07, 6.45) is 9.70. The second-order valence-corrected chi connectivity index (χ2v) is 5.74. The van der Waals surface area contributed by atoms with Crippen LogP contribution in [0.1, 0.15) is 37.4 Å². The van der Waals surface area contributed by atoms with Crippen molar-refractivity contribution in [1.82, 2.24) is 9.55 Å². The molecule has 0 bridgehead atoms. The van der Waals surface area contributed by atoms with Gasteiger partial charge in [-0.25, -0.2) is 0 Å². The molecule has 84 valence electrons. The lowest BCUT2D eigenvalue weighted by molar-refractivity contribution is 0.362. The zero-order valence-electron chi connectivity index (χ0n) is 9.32. The number of thioether (sulfide) groups is 1. The number of aryl methyl sites for hydroxylation is 1. The van der Waals surface area contributed by atoms with Crippen LogP contribution in [0.2, 0.25) is 0 Å². The molecule has 15 heavy (non-hydrogen) atoms. The Bertz CT molecular complexity index is 380. The predicted molar refractivity (Wildman–Crippen MR) is 69.2 cm³/mol. The summed E-state index contributed by atoms with van der Waals surface area (Å²) in [6.45, 7) is 2.07. The monoisotopic (exact) mass is 242 g/mol. The molecule has 0 aliphatic heterocycles. The molecule has 0 radical (unpaired) electrons. The van der Waals surface area contributed by atoms with E-state index in [4.69, 9.17) is 12.2 Å². The highest BCUT2D eigenvalue weighted by atomic mass is 32.2. The Morgan fingerprint density at radius 2 is 2.20 bits per heavy atom. The predicted octanol–water partition coefficient (Wildman–Crippen LogP) is 3.70. The van der Waals surface area contributed by atoms with Gasteiger partial charge in [0.2, 0.25) is 0 Å². The van der Waals surface area contributed by atoms with Crippen LogP contribution in [-0.2, 0) is 0 Å². The number of nitrogens with one attached hydrogen (secondary N) is 1. The van der Waals surface area contributed by atoms with E-state index in [1.54, 1.807) is 0 Å². The maximum atomic E-state index is 5.35. The Kier molecular flexibility index (Phi) is 3.57. The molecule has 1 aliphatic rings. The first kappa shape index (κ1) is 11.3. The lowest BCUT2D eigenvalue weighted by atomic mass is 9.95. The van der Waals surface area contributed by atoms with E-state index in [-0.39, 0.29) is 0 Å². The van der Waals surface area contributed by atoms with Gasteiger partial charge in [-0.1, -0.05) is 12.8 Å². The number of imidazole rings is 1. The molecule has 1 aromatic heterocycles. The molecule has 1 aromatic rings. The SMILES string of the molecule is CSC1CCCCC1n1cc(C)[nH]c1=S. The molecular weight excluding hydrogens is 224 g/mol. The van der Waals surface area contributed by atoms with Gasteiger partial charge in [0.05, 0.1) is 0 Å². The molecule has 1 aliphatic carbocycles. The minimum atomic E-state index is 0.603. The van der Waals surface area contributed by atoms with Crippen LogP contribution in [-0.4, -0.2) is 21.1 Å². The molecule has 0 aromatic carbocycles. The Morgan fingerprint density at radius 3 is 2.80 bits per heavy atom. The minimum Gasteiger partial charge on any atom is -0.335 e. The molecule has 2 unspecified atom stereocenters. The van der Waals surface area contributed by atoms with Crippen LogP contribution in [0.4, 0.5) is 0 Å². The lowest BCUT2D eigenvalue weighted by Crippen LogP contribution is -2.24. The average molecular weight is 242 g/mol. The Balaban J connectivity index is 2.27. The Hall–Kier alpha value is -0.220. The van der Waals surface area contributed by atoms with Crippen LogP contribution in [0, 0.1) is 11.7 Å². The van der Waals surface area contributed by atoms with E-state index in [2.05, 4.69) is 28.9 Å². The van der Waals surface area contributed by atoms with E-state index in [0.29, 0.717) is 6.04 Å². The largest absolute Gasteiger partial charge is 0.335 e. The molecule has 2 rings (SSSR count). The molecule has 0 spiro atoms. The highest BCUT2D eigenvalue weighted by molar-refractivity contribution is 7.99. The van der Waals surface area contributed by atoms with Gasteiger partial charge in [-0.05, 0) is 38.2 Å². The molecule has 1 fully saturated rings. The summed E-state index contributed by atoms with van der Waals surface area (Å²) in [7, 11) is 0. The van der Waals surface area contributed by atoms with Crippen molar-refractivity contribution >= 4 is 24.0 Å². The summed E-state index contributed by atoms with van der Waals surface area (Å²) < 4.78 is 3.16. The smallest absolute Gasteiger partial charge is 0.177 e. The van der Waals surface area contributed by atoms with Gasteiger partial charge in [0.25, 0.3) is 0 Å². The number of aromatic nitrogens is 2. The number of H-pyrrole nitrogens is 1. The third-order valence-corrected chi connectivity index (χ3v) is 4.67. The second-order valence-electron chi connectivity index (χ2n) is 4.28. The molecule has 2 nitrogen and oxygen atoms in total. The first-order valence-corrected chi connectivity index (χ1v) is 7.22. The van der Waals surface area contributed by atoms with E-state index >= 15 is 0 Å². The van der Waals surface area contributed by atoms with Crippen molar-refractivity contribution in [2.45, 2.75) is 43.9 Å². The summed E-state index contributed by atoms with van der Waals surface area (Å²) in [5, 5.41) is 0.737. The van der Waals surface area contributed by atoms with Gasteiger partial charge in [-0.3, -0.25) is 0 Å². The Labute approximate surface area is 100 Å². The quantitative estimate of drug-likeness (QED) is 0.798. The van der Waals surface area contributed by atoms with Crippen molar-refractivity contribution in [2.24, 2.45) is 0 Å². The van der Waals surface area contributed by atoms with E-state index in [1.165, 1.54) is 31.4 Å². The fraction of sp³-hybridized carbons (Fsp3) is 0.727. The summed E-state index contributed by atoms with van der Waals surface area (Å²) in [5.41, 5.74) is 1.17. The molecule has 0 saturated heterocycles. The highest BCUT2D eigenvalue weighted by Gasteiger charge is 2.26. The molecular formula is C11H18N2S2. The van der Waals surface area contributed by atoms with Crippen molar-refractivity contribution < 1.29 is 0 Å². The third-order valence-electron chi connectivity index (χ3n) is 3.20. The number of nitrogens with zero attached hydrogens (tertiary/aromatic N) is 1. The van der Waals surface area contributed by atoms with Gasteiger partial charge in [-0.15, -0.1) is 0 Å². The number of hydrogen-bond donors (Lipinski definition) is 1. The fourth-order valence-corrected chi connectivity index (χ4v) is 3.78. The van der Waals surface area contributed by atoms with Gasteiger partial charge < -0.3 is 9.55 Å². The number of rotatable bonds is 2. The zero-order chi connectivity index (χ0) is 10.8. The lowest BCUT2D eigenvalue weighted by Gasteiger charge is -2.31. The van der Waals surface area contributed by atoms with Gasteiger partial charge in [0.1, 0.15) is 0 Å². The van der Waals surface area contributed by atoms with Crippen molar-refractivity contribution in [3.63, 3.8) is 0 Å². The van der Waals surface area contributed by atoms with Gasteiger partial charge in [0.15, 0.2) is 4.77 Å². The fourth-order valence-electron chi connectivity index (χ4n) is 2.45. The van der Waals surface area contributed by atoms with Crippen LogP contribution in [0.3, 0.4) is 0 Å². The summed E-state index contributed by atoms with van der Waals surface area (Å²) in [6, 6.07) is 0.603. The summed E-state index contributed by atoms with van der Waals surface area (Å²) >= 11 is 7.34. The minimum absolute atomic E-state index is 0.603. The van der Waals surface area contributed by atoms with Crippen molar-refractivity contribution in [3.8, 4) is 0 Å². The van der Waals surface area contributed by atoms with E-state index in [1.807, 2.05) is 11.8 Å². The summed E-state index contributed by atoms with van der Waals surface area (Å²) in [4.78, 5) is 3.22. The van der Waals surface area contributed by atoms with Crippen LogP contribution in [0.15, 0.2) is 6.20 Å². The normalized spacial score (nSPS) is 26.8. The standard InChI is InChI=1S/C11H18N2S2/c1-8-7-13(11(14)12-8)9-5-3-4-6-10(9)15-2/h7,9-10H,3-6H2,1-2H3,(H,12,14). The first-order chi connectivity index (χ1) is 7.22. The van der Waals surface area contributed by atoms with E-state index < -0.39 is 0 Å². The van der Waals surface area contributed by atoms with Gasteiger partial charge in [0, 0.05) is 23.2 Å². The van der Waals surface area contributed by atoms with Crippen LogP contribution < -0.4 is 0 Å². The first-order valence-electron chi connectivity index (χ1n) is 5.53. The summed E-state index contributed by atoms with van der Waals surface area (Å²) in [5.74, 6) is 0. The third kappa shape index (κ3) is 2.31. The number of aromatic amines is 1.